The van der Waals surface area contributed by atoms with E-state index in [0.29, 0.717) is 12.2 Å². The van der Waals surface area contributed by atoms with Crippen LogP contribution >= 0.6 is 23.2 Å². The summed E-state index contributed by atoms with van der Waals surface area (Å²) < 4.78 is 11.0. The first-order chi connectivity index (χ1) is 9.72. The van der Waals surface area contributed by atoms with Crippen LogP contribution in [0.3, 0.4) is 0 Å². The molecular formula is C12H14Cl2N2O4S. The minimum atomic E-state index is -0.951. The van der Waals surface area contributed by atoms with E-state index in [1.807, 2.05) is 0 Å². The highest BCUT2D eigenvalue weighted by atomic mass is 35.5. The zero-order valence-electron chi connectivity index (χ0n) is 11.4. The van der Waals surface area contributed by atoms with Crippen molar-refractivity contribution in [2.24, 2.45) is 0 Å². The molecule has 0 heterocycles. The quantitative estimate of drug-likeness (QED) is 0.629. The Morgan fingerprint density at radius 2 is 2.10 bits per heavy atom. The van der Waals surface area contributed by atoms with Crippen LogP contribution in [0.5, 0.6) is 0 Å². The molecule has 1 amide bonds. The lowest BCUT2D eigenvalue weighted by atomic mass is 10.1. The van der Waals surface area contributed by atoms with Crippen molar-refractivity contribution in [3.63, 3.8) is 0 Å². The topological polar surface area (TPSA) is 89.3 Å². The summed E-state index contributed by atoms with van der Waals surface area (Å²) in [7, 11) is -0.951. The van der Waals surface area contributed by atoms with Gasteiger partial charge in [-0.1, -0.05) is 23.2 Å². The molecule has 2 unspecified atom stereocenters. The van der Waals surface area contributed by atoms with Gasteiger partial charge in [0.05, 0.1) is 20.5 Å². The summed E-state index contributed by atoms with van der Waals surface area (Å²) in [5.74, 6) is -0.106. The van der Waals surface area contributed by atoms with Crippen molar-refractivity contribution >= 4 is 45.6 Å². The Hall–Kier alpha value is -1.18. The summed E-state index contributed by atoms with van der Waals surface area (Å²) >= 11 is 11.7. The molecule has 21 heavy (non-hydrogen) atoms. The zero-order valence-corrected chi connectivity index (χ0v) is 13.7. The first kappa shape index (κ1) is 17.9. The van der Waals surface area contributed by atoms with Gasteiger partial charge in [-0.25, -0.2) is 0 Å². The summed E-state index contributed by atoms with van der Waals surface area (Å²) in [5.41, 5.74) is -0.364. The van der Waals surface area contributed by atoms with Gasteiger partial charge in [-0.15, -0.1) is 0 Å². The molecule has 1 aromatic carbocycles. The van der Waals surface area contributed by atoms with Crippen LogP contribution in [0, 0.1) is 10.1 Å². The van der Waals surface area contributed by atoms with Gasteiger partial charge in [0, 0.05) is 41.0 Å². The first-order valence-corrected chi connectivity index (χ1v) is 8.45. The van der Waals surface area contributed by atoms with Crippen LogP contribution in [0.4, 0.5) is 5.69 Å². The van der Waals surface area contributed by atoms with E-state index in [-0.39, 0.29) is 27.3 Å². The molecule has 0 aliphatic rings. The summed E-state index contributed by atoms with van der Waals surface area (Å²) in [6.45, 7) is 1.75. The summed E-state index contributed by atoms with van der Waals surface area (Å²) in [4.78, 5) is 22.2. The molecule has 0 saturated carbocycles. The molecule has 1 aromatic rings. The molecular weight excluding hydrogens is 339 g/mol. The van der Waals surface area contributed by atoms with Gasteiger partial charge in [0.25, 0.3) is 11.6 Å². The van der Waals surface area contributed by atoms with Crippen molar-refractivity contribution in [1.82, 2.24) is 5.32 Å². The minimum absolute atomic E-state index is 0.0361. The Labute approximate surface area is 134 Å². The highest BCUT2D eigenvalue weighted by Gasteiger charge is 2.20. The van der Waals surface area contributed by atoms with E-state index in [1.54, 1.807) is 13.2 Å². The third-order valence-corrected chi connectivity index (χ3v) is 4.30. The van der Waals surface area contributed by atoms with Crippen LogP contribution in [0.2, 0.25) is 10.0 Å². The number of hydrogen-bond acceptors (Lipinski definition) is 4. The number of halogens is 2. The van der Waals surface area contributed by atoms with Gasteiger partial charge in [-0.05, 0) is 13.3 Å². The van der Waals surface area contributed by atoms with Gasteiger partial charge in [-0.2, -0.15) is 0 Å². The normalized spacial score (nSPS) is 13.5. The van der Waals surface area contributed by atoms with Crippen LogP contribution < -0.4 is 5.32 Å². The molecule has 0 radical (unpaired) electrons. The van der Waals surface area contributed by atoms with Gasteiger partial charge in [-0.3, -0.25) is 19.1 Å². The fraction of sp³-hybridized carbons (Fsp3) is 0.417. The highest BCUT2D eigenvalue weighted by Crippen LogP contribution is 2.30. The highest BCUT2D eigenvalue weighted by molar-refractivity contribution is 7.84. The number of hydrogen-bond donors (Lipinski definition) is 1. The monoisotopic (exact) mass is 352 g/mol. The molecule has 0 aliphatic heterocycles. The second-order valence-electron chi connectivity index (χ2n) is 4.49. The Morgan fingerprint density at radius 1 is 1.48 bits per heavy atom. The van der Waals surface area contributed by atoms with Crippen molar-refractivity contribution in [2.75, 3.05) is 12.0 Å². The molecule has 0 bridgehead atoms. The maximum atomic E-state index is 12.1. The average Bonchev–Trinajstić information content (AvgIpc) is 2.38. The Kier molecular flexibility index (Phi) is 6.57. The van der Waals surface area contributed by atoms with Crippen LogP contribution in [0.1, 0.15) is 23.7 Å². The van der Waals surface area contributed by atoms with E-state index in [0.717, 1.165) is 12.1 Å². The number of nitro groups is 1. The fourth-order valence-corrected chi connectivity index (χ4v) is 2.66. The van der Waals surface area contributed by atoms with Crippen molar-refractivity contribution in [3.8, 4) is 0 Å². The third-order valence-electron chi connectivity index (χ3n) is 2.68. The summed E-state index contributed by atoms with van der Waals surface area (Å²) in [6.07, 6.45) is 2.10. The number of nitro benzene ring substituents is 1. The Balaban J connectivity index is 2.91. The zero-order chi connectivity index (χ0) is 16.2. The lowest BCUT2D eigenvalue weighted by Gasteiger charge is -2.14. The maximum Gasteiger partial charge on any atom is 0.271 e. The van der Waals surface area contributed by atoms with Crippen LogP contribution in [-0.4, -0.2) is 33.1 Å². The second kappa shape index (κ2) is 7.72. The average molecular weight is 353 g/mol. The molecule has 0 aliphatic carbocycles. The lowest BCUT2D eigenvalue weighted by molar-refractivity contribution is -0.384. The van der Waals surface area contributed by atoms with E-state index >= 15 is 0 Å². The fourth-order valence-electron chi connectivity index (χ4n) is 1.56. The molecule has 0 saturated heterocycles. The van der Waals surface area contributed by atoms with Gasteiger partial charge in [0.15, 0.2) is 0 Å². The largest absolute Gasteiger partial charge is 0.350 e. The predicted molar refractivity (Wildman–Crippen MR) is 83.6 cm³/mol. The molecule has 116 valence electrons. The molecule has 9 heteroatoms. The van der Waals surface area contributed by atoms with Crippen LogP contribution in [-0.2, 0) is 10.8 Å². The van der Waals surface area contributed by atoms with Gasteiger partial charge < -0.3 is 5.32 Å². The molecule has 1 rings (SSSR count). The minimum Gasteiger partial charge on any atom is -0.350 e. The summed E-state index contributed by atoms with van der Waals surface area (Å²) in [5, 5.41) is 13.3. The lowest BCUT2D eigenvalue weighted by Crippen LogP contribution is -2.33. The van der Waals surface area contributed by atoms with Crippen molar-refractivity contribution in [2.45, 2.75) is 19.4 Å². The van der Waals surface area contributed by atoms with E-state index in [4.69, 9.17) is 23.2 Å². The van der Waals surface area contributed by atoms with E-state index in [1.165, 1.54) is 0 Å². The van der Waals surface area contributed by atoms with Crippen LogP contribution in [0.25, 0.3) is 0 Å². The van der Waals surface area contributed by atoms with Crippen LogP contribution in [0.15, 0.2) is 12.1 Å². The number of amides is 1. The third kappa shape index (κ3) is 5.26. The standard InChI is InChI=1S/C12H14Cl2N2O4S/c1-7(3-4-21(2)20)15-12(17)9-5-8(16(18)19)6-10(13)11(9)14/h5-7H,3-4H2,1-2H3,(H,15,17). The van der Waals surface area contributed by atoms with Gasteiger partial charge >= 0.3 is 0 Å². The molecule has 1 N–H and O–H groups in total. The molecule has 0 spiro atoms. The second-order valence-corrected chi connectivity index (χ2v) is 6.83. The first-order valence-electron chi connectivity index (χ1n) is 5.96. The van der Waals surface area contributed by atoms with Gasteiger partial charge in [0.1, 0.15) is 0 Å². The van der Waals surface area contributed by atoms with Crippen molar-refractivity contribution in [1.29, 1.82) is 0 Å². The maximum absolute atomic E-state index is 12.1. The summed E-state index contributed by atoms with van der Waals surface area (Å²) in [6, 6.07) is 1.92. The van der Waals surface area contributed by atoms with E-state index in [2.05, 4.69) is 5.32 Å². The van der Waals surface area contributed by atoms with E-state index in [9.17, 15) is 19.1 Å². The molecule has 0 aromatic heterocycles. The SMILES string of the molecule is CC(CCS(C)=O)NC(=O)c1cc([N+](=O)[O-])cc(Cl)c1Cl. The molecule has 6 nitrogen and oxygen atoms in total. The Morgan fingerprint density at radius 3 is 2.62 bits per heavy atom. The number of non-ortho nitro benzene ring substituents is 1. The van der Waals surface area contributed by atoms with Crippen molar-refractivity contribution < 1.29 is 13.9 Å². The number of nitrogens with zero attached hydrogens (tertiary/aromatic N) is 1. The number of rotatable bonds is 6. The predicted octanol–water partition coefficient (Wildman–Crippen LogP) is 2.79. The van der Waals surface area contributed by atoms with Crippen molar-refractivity contribution in [3.05, 3.63) is 37.9 Å². The Bertz CT molecular complexity index is 595. The number of nitrogens with one attached hydrogen (secondary N) is 1. The number of benzene rings is 1. The number of carbonyl (C=O) groups is 1. The molecule has 2 atom stereocenters. The smallest absolute Gasteiger partial charge is 0.271 e. The molecule has 0 fully saturated rings. The van der Waals surface area contributed by atoms with Gasteiger partial charge in [0.2, 0.25) is 0 Å². The van der Waals surface area contributed by atoms with E-state index < -0.39 is 21.6 Å². The number of carbonyl (C=O) groups excluding carboxylic acids is 1.